The van der Waals surface area contributed by atoms with Crippen molar-refractivity contribution in [3.63, 3.8) is 0 Å². The number of aromatic amines is 1. The smallest absolute Gasteiger partial charge is 0.272 e. The van der Waals surface area contributed by atoms with E-state index in [0.717, 1.165) is 31.9 Å². The topological polar surface area (TPSA) is 99.8 Å². The van der Waals surface area contributed by atoms with Crippen molar-refractivity contribution in [3.05, 3.63) is 58.5 Å². The van der Waals surface area contributed by atoms with Gasteiger partial charge < -0.3 is 29.6 Å². The molecule has 0 unspecified atom stereocenters. The number of methoxy groups -OCH3 is 1. The number of nitrogens with zero attached hydrogens (tertiary/aromatic N) is 3. The van der Waals surface area contributed by atoms with Gasteiger partial charge in [-0.1, -0.05) is 6.07 Å². The van der Waals surface area contributed by atoms with Crippen LogP contribution in [0.3, 0.4) is 0 Å². The van der Waals surface area contributed by atoms with Crippen molar-refractivity contribution in [2.45, 2.75) is 0 Å². The minimum atomic E-state index is -0.410. The zero-order valence-electron chi connectivity index (χ0n) is 18.3. The molecule has 0 aliphatic carbocycles. The zero-order chi connectivity index (χ0) is 22.5. The van der Waals surface area contributed by atoms with E-state index in [1.807, 2.05) is 12.1 Å². The molecule has 1 amide bonds. The van der Waals surface area contributed by atoms with Crippen molar-refractivity contribution < 1.29 is 14.3 Å². The molecule has 0 saturated carbocycles. The van der Waals surface area contributed by atoms with Gasteiger partial charge in [0.25, 0.3) is 5.91 Å². The first-order valence-electron chi connectivity index (χ1n) is 10.5. The highest BCUT2D eigenvalue weighted by atomic mass is 16.5. The number of aromatic nitrogens is 2. The van der Waals surface area contributed by atoms with Crippen molar-refractivity contribution in [3.8, 4) is 5.88 Å². The lowest BCUT2D eigenvalue weighted by Crippen LogP contribution is -2.44. The number of nitrogens with one attached hydrogen (secondary N) is 2. The summed E-state index contributed by atoms with van der Waals surface area (Å²) in [6, 6.07) is 10.3. The molecule has 0 atom stereocenters. The number of carbonyl (C=O) groups excluding carboxylic acids is 1. The van der Waals surface area contributed by atoms with Crippen molar-refractivity contribution >= 4 is 28.2 Å². The van der Waals surface area contributed by atoms with Gasteiger partial charge in [0, 0.05) is 50.8 Å². The third kappa shape index (κ3) is 4.90. The number of anilines is 2. The Labute approximate surface area is 186 Å². The third-order valence-corrected chi connectivity index (χ3v) is 5.46. The number of amides is 1. The van der Waals surface area contributed by atoms with Crippen molar-refractivity contribution in [1.29, 1.82) is 0 Å². The molecule has 2 N–H and O–H groups in total. The highest BCUT2D eigenvalue weighted by Gasteiger charge is 2.19. The van der Waals surface area contributed by atoms with Gasteiger partial charge in [-0.3, -0.25) is 9.59 Å². The Hall–Kier alpha value is -3.43. The number of hydrogen-bond acceptors (Lipinski definition) is 7. The van der Waals surface area contributed by atoms with Crippen LogP contribution < -0.4 is 20.4 Å². The van der Waals surface area contributed by atoms with E-state index in [0.29, 0.717) is 35.7 Å². The normalized spacial score (nSPS) is 14.5. The summed E-state index contributed by atoms with van der Waals surface area (Å²) in [5.74, 6) is 0.0306. The molecule has 4 rings (SSSR count). The standard InChI is InChI=1S/C23H27N5O4/c1-27-8-10-28(11-9-27)19-5-3-4-17-20(29)14-18(26-22(17)19)23(30)25-16-6-7-21(24-15-16)32-13-12-31-2/h3-7,14-15H,8-13H2,1-2H3,(H,25,30)(H,26,29). The number of ether oxygens (including phenoxy) is 2. The Bertz CT molecular complexity index is 1140. The van der Waals surface area contributed by atoms with Gasteiger partial charge in [0.15, 0.2) is 5.43 Å². The van der Waals surface area contributed by atoms with E-state index in [4.69, 9.17) is 9.47 Å². The van der Waals surface area contributed by atoms with Crippen LogP contribution in [0.4, 0.5) is 11.4 Å². The van der Waals surface area contributed by atoms with Gasteiger partial charge in [-0.2, -0.15) is 0 Å². The van der Waals surface area contributed by atoms with Crippen LogP contribution in [0, 0.1) is 0 Å². The molecule has 9 nitrogen and oxygen atoms in total. The fourth-order valence-electron chi connectivity index (χ4n) is 3.66. The van der Waals surface area contributed by atoms with Gasteiger partial charge in [-0.05, 0) is 25.2 Å². The quantitative estimate of drug-likeness (QED) is 0.545. The molecule has 168 valence electrons. The average Bonchev–Trinajstić information content (AvgIpc) is 2.80. The molecule has 1 aromatic carbocycles. The lowest BCUT2D eigenvalue weighted by atomic mass is 10.1. The SMILES string of the molecule is COCCOc1ccc(NC(=O)c2cc(=O)c3cccc(N4CCN(C)CC4)c3[nH]2)cn1. The second-order valence-electron chi connectivity index (χ2n) is 7.72. The van der Waals surface area contributed by atoms with Gasteiger partial charge in [0.05, 0.1) is 29.7 Å². The fourth-order valence-corrected chi connectivity index (χ4v) is 3.66. The highest BCUT2D eigenvalue weighted by molar-refractivity contribution is 6.04. The first-order chi connectivity index (χ1) is 15.5. The Morgan fingerprint density at radius 2 is 1.97 bits per heavy atom. The van der Waals surface area contributed by atoms with Gasteiger partial charge in [-0.15, -0.1) is 0 Å². The maximum absolute atomic E-state index is 12.9. The predicted octanol–water partition coefficient (Wildman–Crippen LogP) is 1.95. The number of fused-ring (bicyclic) bond motifs is 1. The molecule has 32 heavy (non-hydrogen) atoms. The number of piperazine rings is 1. The van der Waals surface area contributed by atoms with E-state index in [1.165, 1.54) is 12.3 Å². The molecule has 1 aliphatic heterocycles. The van der Waals surface area contributed by atoms with Gasteiger partial charge in [0.2, 0.25) is 5.88 Å². The molecule has 9 heteroatoms. The van der Waals surface area contributed by atoms with Crippen molar-refractivity contribution in [1.82, 2.24) is 14.9 Å². The van der Waals surface area contributed by atoms with E-state index in [9.17, 15) is 9.59 Å². The number of H-pyrrole nitrogens is 1. The molecule has 0 radical (unpaired) electrons. The summed E-state index contributed by atoms with van der Waals surface area (Å²) in [7, 11) is 3.69. The molecular formula is C23H27N5O4. The Morgan fingerprint density at radius 3 is 2.69 bits per heavy atom. The Morgan fingerprint density at radius 1 is 1.16 bits per heavy atom. The van der Waals surface area contributed by atoms with Crippen molar-refractivity contribution in [2.24, 2.45) is 0 Å². The van der Waals surface area contributed by atoms with Crippen LogP contribution in [0.1, 0.15) is 10.5 Å². The molecule has 1 aliphatic rings. The summed E-state index contributed by atoms with van der Waals surface area (Å²) >= 11 is 0. The monoisotopic (exact) mass is 437 g/mol. The summed E-state index contributed by atoms with van der Waals surface area (Å²) in [4.78, 5) is 37.5. The maximum atomic E-state index is 12.9. The van der Waals surface area contributed by atoms with Crippen LogP contribution in [0.25, 0.3) is 10.9 Å². The van der Waals surface area contributed by atoms with Crippen LogP contribution in [0.5, 0.6) is 5.88 Å². The number of pyridine rings is 2. The minimum absolute atomic E-state index is 0.195. The lowest BCUT2D eigenvalue weighted by molar-refractivity contribution is 0.102. The number of rotatable bonds is 7. The van der Waals surface area contributed by atoms with Crippen LogP contribution in [0.15, 0.2) is 47.4 Å². The molecule has 2 aromatic heterocycles. The van der Waals surface area contributed by atoms with E-state index in [2.05, 4.69) is 32.1 Å². The van der Waals surface area contributed by atoms with Crippen LogP contribution in [0.2, 0.25) is 0 Å². The summed E-state index contributed by atoms with van der Waals surface area (Å²) in [6.45, 7) is 4.46. The Kier molecular flexibility index (Phi) is 6.67. The zero-order valence-corrected chi connectivity index (χ0v) is 18.3. The molecular weight excluding hydrogens is 410 g/mol. The van der Waals surface area contributed by atoms with E-state index in [1.54, 1.807) is 25.3 Å². The number of benzene rings is 1. The molecule has 3 heterocycles. The molecule has 1 saturated heterocycles. The molecule has 0 bridgehead atoms. The largest absolute Gasteiger partial charge is 0.475 e. The third-order valence-electron chi connectivity index (χ3n) is 5.46. The summed E-state index contributed by atoms with van der Waals surface area (Å²) in [6.07, 6.45) is 1.51. The maximum Gasteiger partial charge on any atom is 0.272 e. The number of para-hydroxylation sites is 1. The second-order valence-corrected chi connectivity index (χ2v) is 7.72. The molecule has 0 spiro atoms. The Balaban J connectivity index is 1.55. The van der Waals surface area contributed by atoms with E-state index in [-0.39, 0.29) is 11.1 Å². The predicted molar refractivity (Wildman–Crippen MR) is 124 cm³/mol. The van der Waals surface area contributed by atoms with E-state index >= 15 is 0 Å². The lowest BCUT2D eigenvalue weighted by Gasteiger charge is -2.34. The average molecular weight is 438 g/mol. The van der Waals surface area contributed by atoms with Crippen LogP contribution in [-0.4, -0.2) is 74.3 Å². The van der Waals surface area contributed by atoms with Gasteiger partial charge >= 0.3 is 0 Å². The van der Waals surface area contributed by atoms with Crippen molar-refractivity contribution in [2.75, 3.05) is 63.8 Å². The number of carbonyl (C=O) groups is 1. The molecule has 1 fully saturated rings. The summed E-state index contributed by atoms with van der Waals surface area (Å²) in [5, 5.41) is 3.34. The van der Waals surface area contributed by atoms with Crippen LogP contribution in [-0.2, 0) is 4.74 Å². The minimum Gasteiger partial charge on any atom is -0.475 e. The second kappa shape index (κ2) is 9.80. The summed E-state index contributed by atoms with van der Waals surface area (Å²) in [5.41, 5.74) is 2.11. The van der Waals surface area contributed by atoms with Crippen LogP contribution >= 0.6 is 0 Å². The highest BCUT2D eigenvalue weighted by Crippen LogP contribution is 2.25. The molecule has 3 aromatic rings. The fraction of sp³-hybridized carbons (Fsp3) is 0.348. The first-order valence-corrected chi connectivity index (χ1v) is 10.5. The summed E-state index contributed by atoms with van der Waals surface area (Å²) < 4.78 is 10.4. The number of hydrogen-bond donors (Lipinski definition) is 2. The van der Waals surface area contributed by atoms with Gasteiger partial charge in [-0.25, -0.2) is 4.98 Å². The number of likely N-dealkylation sites (N-methyl/N-ethyl adjacent to an activating group) is 1. The first kappa shape index (κ1) is 21.8. The van der Waals surface area contributed by atoms with Gasteiger partial charge in [0.1, 0.15) is 12.3 Å². The van der Waals surface area contributed by atoms with E-state index < -0.39 is 5.91 Å².